The molecule has 1 aromatic heterocycles. The van der Waals surface area contributed by atoms with Crippen molar-refractivity contribution in [2.24, 2.45) is 0 Å². The second-order valence-electron chi connectivity index (χ2n) is 5.78. The fourth-order valence-electron chi connectivity index (χ4n) is 3.11. The molecular formula is C16H26BrN3O. The van der Waals surface area contributed by atoms with Crippen LogP contribution in [0.25, 0.3) is 0 Å². The Morgan fingerprint density at radius 3 is 3.00 bits per heavy atom. The Labute approximate surface area is 136 Å². The van der Waals surface area contributed by atoms with E-state index in [-0.39, 0.29) is 5.91 Å². The van der Waals surface area contributed by atoms with Crippen molar-refractivity contribution < 1.29 is 4.79 Å². The van der Waals surface area contributed by atoms with E-state index in [9.17, 15) is 4.79 Å². The number of halogens is 1. The number of nitrogens with one attached hydrogen (secondary N) is 1. The van der Waals surface area contributed by atoms with Crippen LogP contribution in [-0.2, 0) is 6.54 Å². The number of amides is 1. The number of piperidine rings is 1. The summed E-state index contributed by atoms with van der Waals surface area (Å²) in [6, 6.07) is 2.34. The van der Waals surface area contributed by atoms with Crippen molar-refractivity contribution in [1.82, 2.24) is 14.8 Å². The molecule has 1 unspecified atom stereocenters. The highest BCUT2D eigenvalue weighted by Gasteiger charge is 2.28. The second kappa shape index (κ2) is 7.99. The first-order valence-corrected chi connectivity index (χ1v) is 8.78. The number of hydrogen-bond donors (Lipinski definition) is 1. The first kappa shape index (κ1) is 16.6. The molecule has 118 valence electrons. The number of nitrogens with zero attached hydrogens (tertiary/aromatic N) is 2. The van der Waals surface area contributed by atoms with Gasteiger partial charge in [0, 0.05) is 29.8 Å². The van der Waals surface area contributed by atoms with E-state index in [4.69, 9.17) is 0 Å². The largest absolute Gasteiger partial charge is 0.342 e. The lowest BCUT2D eigenvalue weighted by Gasteiger charge is -2.36. The van der Waals surface area contributed by atoms with E-state index < -0.39 is 0 Å². The molecule has 0 aliphatic carbocycles. The summed E-state index contributed by atoms with van der Waals surface area (Å²) < 4.78 is 3.07. The number of carbonyl (C=O) groups excluding carboxylic acids is 1. The van der Waals surface area contributed by atoms with E-state index in [1.54, 1.807) is 0 Å². The molecule has 2 rings (SSSR count). The van der Waals surface area contributed by atoms with Crippen LogP contribution >= 0.6 is 15.9 Å². The fourth-order valence-corrected chi connectivity index (χ4v) is 3.57. The van der Waals surface area contributed by atoms with Gasteiger partial charge in [0.2, 0.25) is 0 Å². The van der Waals surface area contributed by atoms with E-state index in [0.717, 1.165) is 55.5 Å². The third-order valence-electron chi connectivity index (χ3n) is 4.16. The lowest BCUT2D eigenvalue weighted by Crippen LogP contribution is -2.45. The second-order valence-corrected chi connectivity index (χ2v) is 6.69. The maximum atomic E-state index is 12.9. The molecule has 5 heteroatoms. The minimum atomic E-state index is 0.190. The van der Waals surface area contributed by atoms with Crippen LogP contribution in [0, 0.1) is 0 Å². The van der Waals surface area contributed by atoms with Gasteiger partial charge in [-0.3, -0.25) is 4.79 Å². The molecule has 1 aromatic rings. The van der Waals surface area contributed by atoms with Crippen molar-refractivity contribution in [3.05, 3.63) is 22.4 Å². The Kier molecular flexibility index (Phi) is 6.30. The molecule has 0 bridgehead atoms. The van der Waals surface area contributed by atoms with Crippen molar-refractivity contribution in [3.63, 3.8) is 0 Å². The van der Waals surface area contributed by atoms with Gasteiger partial charge in [-0.1, -0.05) is 6.92 Å². The lowest BCUT2D eigenvalue weighted by atomic mass is 9.99. The molecule has 1 atom stereocenters. The van der Waals surface area contributed by atoms with E-state index in [0.29, 0.717) is 6.04 Å². The molecule has 0 aromatic carbocycles. The van der Waals surface area contributed by atoms with Gasteiger partial charge >= 0.3 is 0 Å². The number of aryl methyl sites for hydroxylation is 1. The first-order chi connectivity index (χ1) is 10.2. The quantitative estimate of drug-likeness (QED) is 0.850. The third kappa shape index (κ3) is 4.10. The van der Waals surface area contributed by atoms with Crippen molar-refractivity contribution in [1.29, 1.82) is 0 Å². The Morgan fingerprint density at radius 2 is 2.29 bits per heavy atom. The summed E-state index contributed by atoms with van der Waals surface area (Å²) in [5.41, 5.74) is 0.820. The summed E-state index contributed by atoms with van der Waals surface area (Å²) in [7, 11) is 1.97. The van der Waals surface area contributed by atoms with E-state index in [2.05, 4.69) is 37.6 Å². The molecular weight excluding hydrogens is 330 g/mol. The molecule has 1 fully saturated rings. The maximum Gasteiger partial charge on any atom is 0.270 e. The van der Waals surface area contributed by atoms with Crippen LogP contribution < -0.4 is 5.32 Å². The van der Waals surface area contributed by atoms with Gasteiger partial charge in [-0.2, -0.15) is 0 Å². The number of carbonyl (C=O) groups is 1. The molecule has 1 amide bonds. The van der Waals surface area contributed by atoms with Crippen LogP contribution in [0.3, 0.4) is 0 Å². The molecule has 0 saturated carbocycles. The molecule has 2 heterocycles. The van der Waals surface area contributed by atoms with E-state index in [1.165, 1.54) is 6.42 Å². The molecule has 4 nitrogen and oxygen atoms in total. The average molecular weight is 356 g/mol. The smallest absolute Gasteiger partial charge is 0.270 e. The molecule has 0 radical (unpaired) electrons. The molecule has 0 spiro atoms. The highest BCUT2D eigenvalue weighted by molar-refractivity contribution is 9.10. The van der Waals surface area contributed by atoms with Crippen molar-refractivity contribution in [2.45, 2.75) is 51.6 Å². The van der Waals surface area contributed by atoms with Gasteiger partial charge in [0.25, 0.3) is 5.91 Å². The number of rotatable bonds is 6. The zero-order chi connectivity index (χ0) is 15.2. The van der Waals surface area contributed by atoms with Gasteiger partial charge < -0.3 is 14.8 Å². The molecule has 1 N–H and O–H groups in total. The number of hydrogen-bond acceptors (Lipinski definition) is 2. The van der Waals surface area contributed by atoms with Crippen LogP contribution in [0.1, 0.15) is 49.5 Å². The van der Waals surface area contributed by atoms with Gasteiger partial charge in [-0.05, 0) is 67.7 Å². The Bertz CT molecular complexity index is 472. The zero-order valence-corrected chi connectivity index (χ0v) is 14.7. The van der Waals surface area contributed by atoms with Gasteiger partial charge in [0.05, 0.1) is 0 Å². The fraction of sp³-hybridized carbons (Fsp3) is 0.688. The summed E-state index contributed by atoms with van der Waals surface area (Å²) in [5.74, 6) is 0.190. The maximum absolute atomic E-state index is 12.9. The minimum absolute atomic E-state index is 0.190. The monoisotopic (exact) mass is 355 g/mol. The molecule has 1 aliphatic heterocycles. The Morgan fingerprint density at radius 1 is 1.48 bits per heavy atom. The molecule has 1 saturated heterocycles. The van der Waals surface area contributed by atoms with Crippen molar-refractivity contribution >= 4 is 21.8 Å². The van der Waals surface area contributed by atoms with Gasteiger partial charge in [-0.15, -0.1) is 0 Å². The highest BCUT2D eigenvalue weighted by atomic mass is 79.9. The average Bonchev–Trinajstić information content (AvgIpc) is 2.86. The SMILES string of the molecule is CCCn1cc(Br)cc1C(=O)N1CCCCC1CCNC. The van der Waals surface area contributed by atoms with Crippen LogP contribution in [0.2, 0.25) is 0 Å². The van der Waals surface area contributed by atoms with Gasteiger partial charge in [0.15, 0.2) is 0 Å². The Balaban J connectivity index is 2.16. The zero-order valence-electron chi connectivity index (χ0n) is 13.1. The third-order valence-corrected chi connectivity index (χ3v) is 4.60. The number of likely N-dealkylation sites (tertiary alicyclic amines) is 1. The summed E-state index contributed by atoms with van der Waals surface area (Å²) in [4.78, 5) is 15.0. The van der Waals surface area contributed by atoms with Crippen molar-refractivity contribution in [3.8, 4) is 0 Å². The van der Waals surface area contributed by atoms with Crippen LogP contribution in [0.5, 0.6) is 0 Å². The summed E-state index contributed by atoms with van der Waals surface area (Å²) in [5, 5.41) is 3.20. The number of aromatic nitrogens is 1. The lowest BCUT2D eigenvalue weighted by molar-refractivity contribution is 0.0591. The van der Waals surface area contributed by atoms with Gasteiger partial charge in [-0.25, -0.2) is 0 Å². The summed E-state index contributed by atoms with van der Waals surface area (Å²) in [6.45, 7) is 4.89. The topological polar surface area (TPSA) is 37.3 Å². The van der Waals surface area contributed by atoms with E-state index in [1.807, 2.05) is 19.3 Å². The molecule has 1 aliphatic rings. The van der Waals surface area contributed by atoms with Crippen LogP contribution in [0.15, 0.2) is 16.7 Å². The Hall–Kier alpha value is -0.810. The van der Waals surface area contributed by atoms with E-state index >= 15 is 0 Å². The van der Waals surface area contributed by atoms with Gasteiger partial charge in [0.1, 0.15) is 5.69 Å². The first-order valence-electron chi connectivity index (χ1n) is 7.98. The molecule has 21 heavy (non-hydrogen) atoms. The van der Waals surface area contributed by atoms with Crippen LogP contribution in [-0.4, -0.2) is 41.6 Å². The minimum Gasteiger partial charge on any atom is -0.342 e. The van der Waals surface area contributed by atoms with Crippen LogP contribution in [0.4, 0.5) is 0 Å². The highest BCUT2D eigenvalue weighted by Crippen LogP contribution is 2.24. The standard InChI is InChI=1S/C16H26BrN3O/c1-3-9-19-12-13(17)11-15(19)16(21)20-10-5-4-6-14(20)7-8-18-2/h11-12,14,18H,3-10H2,1-2H3. The predicted molar refractivity (Wildman–Crippen MR) is 89.6 cm³/mol. The van der Waals surface area contributed by atoms with Crippen molar-refractivity contribution in [2.75, 3.05) is 20.1 Å². The summed E-state index contributed by atoms with van der Waals surface area (Å²) in [6.07, 6.45) is 7.57. The summed E-state index contributed by atoms with van der Waals surface area (Å²) >= 11 is 3.50. The predicted octanol–water partition coefficient (Wildman–Crippen LogP) is 3.26. The normalized spacial score (nSPS) is 19.0.